The summed E-state index contributed by atoms with van der Waals surface area (Å²) in [6.45, 7) is 0. The monoisotopic (exact) mass is 691 g/mol. The molecule has 0 bridgehead atoms. The number of rotatable bonds is 7. The molecule has 0 amide bonds. The average Bonchev–Trinajstić information content (AvgIpc) is 3.70. The Labute approximate surface area is 313 Å². The second-order valence-corrected chi connectivity index (χ2v) is 13.4. The average molecular weight is 692 g/mol. The predicted octanol–water partition coefficient (Wildman–Crippen LogP) is 13.7. The number of hydrogen-bond acceptors (Lipinski definition) is 4. The Kier molecular flexibility index (Phi) is 7.77. The summed E-state index contributed by atoms with van der Waals surface area (Å²) in [5.41, 5.74) is 12.4. The topological polar surface area (TPSA) is 42.2 Å². The molecule has 4 heteroatoms. The van der Waals surface area contributed by atoms with Gasteiger partial charge in [-0.2, -0.15) is 0 Å². The number of anilines is 3. The van der Waals surface area contributed by atoms with Crippen LogP contribution in [0.2, 0.25) is 0 Å². The minimum atomic E-state index is 0.511. The van der Waals surface area contributed by atoms with Crippen molar-refractivity contribution in [2.75, 3.05) is 4.90 Å². The third kappa shape index (κ3) is 5.58. The standard InChI is InChI=1S/C50H33N3O/c1-3-13-34(14-4-1)35-22-24-37(25-23-35)42-18-8-10-21-47(42)53(46-20-9-7-17-41(46)36-15-5-2-6-16-36)40-30-28-38-26-27-39-29-31-44-49(48(39)43(38)33-40)54-50(52-44)45-19-11-12-32-51-45/h1-33H. The Balaban J connectivity index is 1.20. The smallest absolute Gasteiger partial charge is 0.246 e. The zero-order valence-electron chi connectivity index (χ0n) is 29.3. The van der Waals surface area contributed by atoms with Gasteiger partial charge in [0.25, 0.3) is 0 Å². The number of oxazole rings is 1. The van der Waals surface area contributed by atoms with Gasteiger partial charge in [0.15, 0.2) is 5.58 Å². The first-order chi connectivity index (χ1) is 26.8. The van der Waals surface area contributed by atoms with Crippen LogP contribution in [-0.2, 0) is 0 Å². The van der Waals surface area contributed by atoms with Gasteiger partial charge in [0.1, 0.15) is 11.2 Å². The van der Waals surface area contributed by atoms with E-state index in [1.807, 2.05) is 24.3 Å². The van der Waals surface area contributed by atoms with Crippen LogP contribution in [0.5, 0.6) is 0 Å². The maximum Gasteiger partial charge on any atom is 0.246 e. The molecule has 0 radical (unpaired) electrons. The molecule has 10 rings (SSSR count). The van der Waals surface area contributed by atoms with Gasteiger partial charge in [-0.25, -0.2) is 4.98 Å². The largest absolute Gasteiger partial charge is 0.434 e. The van der Waals surface area contributed by atoms with Crippen LogP contribution in [0.1, 0.15) is 0 Å². The van der Waals surface area contributed by atoms with Gasteiger partial charge < -0.3 is 9.32 Å². The summed E-state index contributed by atoms with van der Waals surface area (Å²) in [5.74, 6) is 0.511. The van der Waals surface area contributed by atoms with Crippen molar-refractivity contribution in [2.24, 2.45) is 0 Å². The SMILES string of the molecule is c1ccc(-c2ccc(-c3ccccc3N(c3ccc4ccc5ccc6nc(-c7ccccn7)oc6c5c4c3)c3ccccc3-c3ccccc3)cc2)cc1. The molecule has 0 N–H and O–H groups in total. The van der Waals surface area contributed by atoms with E-state index in [1.54, 1.807) is 6.20 Å². The van der Waals surface area contributed by atoms with E-state index in [-0.39, 0.29) is 0 Å². The molecule has 0 spiro atoms. The molecule has 2 aromatic heterocycles. The molecule has 0 saturated carbocycles. The summed E-state index contributed by atoms with van der Waals surface area (Å²) in [6.07, 6.45) is 1.77. The summed E-state index contributed by atoms with van der Waals surface area (Å²) in [7, 11) is 0. The van der Waals surface area contributed by atoms with E-state index in [2.05, 4.69) is 180 Å². The molecule has 2 heterocycles. The Morgan fingerprint density at radius 3 is 1.70 bits per heavy atom. The van der Waals surface area contributed by atoms with Crippen molar-refractivity contribution in [2.45, 2.75) is 0 Å². The van der Waals surface area contributed by atoms with E-state index in [9.17, 15) is 0 Å². The van der Waals surface area contributed by atoms with Crippen molar-refractivity contribution >= 4 is 49.7 Å². The molecule has 0 aliphatic carbocycles. The van der Waals surface area contributed by atoms with Crippen LogP contribution in [0, 0.1) is 0 Å². The first-order valence-electron chi connectivity index (χ1n) is 18.2. The van der Waals surface area contributed by atoms with Crippen molar-refractivity contribution < 1.29 is 4.42 Å². The van der Waals surface area contributed by atoms with Crippen molar-refractivity contribution in [1.29, 1.82) is 0 Å². The third-order valence-electron chi connectivity index (χ3n) is 10.2. The predicted molar refractivity (Wildman–Crippen MR) is 223 cm³/mol. The fourth-order valence-corrected chi connectivity index (χ4v) is 7.57. The molecule has 0 saturated heterocycles. The minimum absolute atomic E-state index is 0.511. The van der Waals surface area contributed by atoms with E-state index >= 15 is 0 Å². The van der Waals surface area contributed by atoms with Gasteiger partial charge >= 0.3 is 0 Å². The van der Waals surface area contributed by atoms with E-state index in [1.165, 1.54) is 11.1 Å². The fraction of sp³-hybridized carbons (Fsp3) is 0. The molecule has 10 aromatic rings. The minimum Gasteiger partial charge on any atom is -0.434 e. The Bertz CT molecular complexity index is 2920. The molecule has 0 atom stereocenters. The molecular weight excluding hydrogens is 659 g/mol. The first kappa shape index (κ1) is 31.4. The highest BCUT2D eigenvalue weighted by atomic mass is 16.3. The maximum atomic E-state index is 6.55. The lowest BCUT2D eigenvalue weighted by Crippen LogP contribution is -2.12. The second kappa shape index (κ2) is 13.4. The summed E-state index contributed by atoms with van der Waals surface area (Å²) in [4.78, 5) is 11.8. The van der Waals surface area contributed by atoms with Crippen LogP contribution in [-0.4, -0.2) is 9.97 Å². The van der Waals surface area contributed by atoms with E-state index in [0.29, 0.717) is 11.6 Å². The number of hydrogen-bond donors (Lipinski definition) is 0. The number of aromatic nitrogens is 2. The van der Waals surface area contributed by atoms with Crippen molar-refractivity contribution in [3.8, 4) is 45.0 Å². The zero-order valence-corrected chi connectivity index (χ0v) is 29.3. The van der Waals surface area contributed by atoms with Gasteiger partial charge in [0, 0.05) is 28.4 Å². The fourth-order valence-electron chi connectivity index (χ4n) is 7.57. The van der Waals surface area contributed by atoms with Crippen LogP contribution in [0.3, 0.4) is 0 Å². The number of benzene rings is 8. The number of pyridine rings is 1. The summed E-state index contributed by atoms with van der Waals surface area (Å²) in [5, 5.41) is 4.33. The molecule has 0 fully saturated rings. The zero-order chi connectivity index (χ0) is 35.8. The highest BCUT2D eigenvalue weighted by Gasteiger charge is 2.22. The van der Waals surface area contributed by atoms with Gasteiger partial charge in [-0.05, 0) is 80.9 Å². The molecule has 254 valence electrons. The highest BCUT2D eigenvalue weighted by Crippen LogP contribution is 2.46. The van der Waals surface area contributed by atoms with E-state index in [4.69, 9.17) is 9.40 Å². The lowest BCUT2D eigenvalue weighted by Gasteiger charge is -2.30. The van der Waals surface area contributed by atoms with Gasteiger partial charge in [-0.15, -0.1) is 0 Å². The molecule has 54 heavy (non-hydrogen) atoms. The lowest BCUT2D eigenvalue weighted by atomic mass is 9.96. The molecule has 4 nitrogen and oxygen atoms in total. The van der Waals surface area contributed by atoms with E-state index < -0.39 is 0 Å². The molecule has 0 aliphatic heterocycles. The number of fused-ring (bicyclic) bond motifs is 5. The van der Waals surface area contributed by atoms with Crippen LogP contribution in [0.4, 0.5) is 17.1 Å². The Morgan fingerprint density at radius 1 is 0.444 bits per heavy atom. The highest BCUT2D eigenvalue weighted by molar-refractivity contribution is 6.19. The maximum absolute atomic E-state index is 6.55. The van der Waals surface area contributed by atoms with Gasteiger partial charge in [0.2, 0.25) is 5.89 Å². The first-order valence-corrected chi connectivity index (χ1v) is 18.2. The number of nitrogens with zero attached hydrogens (tertiary/aromatic N) is 3. The Morgan fingerprint density at radius 2 is 1.00 bits per heavy atom. The molecule has 8 aromatic carbocycles. The van der Waals surface area contributed by atoms with Crippen molar-refractivity contribution in [1.82, 2.24) is 9.97 Å². The van der Waals surface area contributed by atoms with Crippen molar-refractivity contribution in [3.05, 3.63) is 200 Å². The molecule has 0 aliphatic rings. The van der Waals surface area contributed by atoms with Crippen LogP contribution < -0.4 is 4.90 Å². The van der Waals surface area contributed by atoms with Gasteiger partial charge in [-0.3, -0.25) is 4.98 Å². The molecule has 0 unspecified atom stereocenters. The van der Waals surface area contributed by atoms with Gasteiger partial charge in [0.05, 0.1) is 11.4 Å². The second-order valence-electron chi connectivity index (χ2n) is 13.4. The molecular formula is C50H33N3O. The quantitative estimate of drug-likeness (QED) is 0.156. The summed E-state index contributed by atoms with van der Waals surface area (Å²) >= 11 is 0. The summed E-state index contributed by atoms with van der Waals surface area (Å²) < 4.78 is 6.55. The number of para-hydroxylation sites is 2. The van der Waals surface area contributed by atoms with E-state index in [0.717, 1.165) is 72.0 Å². The van der Waals surface area contributed by atoms with Crippen LogP contribution >= 0.6 is 0 Å². The van der Waals surface area contributed by atoms with Crippen LogP contribution in [0.25, 0.3) is 77.6 Å². The van der Waals surface area contributed by atoms with Crippen LogP contribution in [0.15, 0.2) is 205 Å². The lowest BCUT2D eigenvalue weighted by molar-refractivity contribution is 0.620. The normalized spacial score (nSPS) is 11.3. The summed E-state index contributed by atoms with van der Waals surface area (Å²) in [6, 6.07) is 68.5. The third-order valence-corrected chi connectivity index (χ3v) is 10.2. The van der Waals surface area contributed by atoms with Gasteiger partial charge in [-0.1, -0.05) is 152 Å². The Hall–Kier alpha value is -7.30. The van der Waals surface area contributed by atoms with Crippen molar-refractivity contribution in [3.63, 3.8) is 0 Å².